The average molecular weight is 378 g/mol. The molecule has 1 aliphatic heterocycles. The molecule has 0 spiro atoms. The highest BCUT2D eigenvalue weighted by molar-refractivity contribution is 6.31. The fourth-order valence-corrected chi connectivity index (χ4v) is 4.44. The maximum Gasteiger partial charge on any atom is 0.201 e. The molecule has 2 N–H and O–H groups in total. The number of halogens is 1. The van der Waals surface area contributed by atoms with Crippen LogP contribution in [0.4, 0.5) is 0 Å². The number of fused-ring (bicyclic) bond motifs is 1. The summed E-state index contributed by atoms with van der Waals surface area (Å²) >= 11 is 6.46. The molecule has 5 nitrogen and oxygen atoms in total. The van der Waals surface area contributed by atoms with Crippen LogP contribution in [0.5, 0.6) is 0 Å². The fourth-order valence-electron chi connectivity index (χ4n) is 4.19. The van der Waals surface area contributed by atoms with Gasteiger partial charge in [-0.2, -0.15) is 15.8 Å². The largest absolute Gasteiger partial charge is 0.401 e. The lowest BCUT2D eigenvalue weighted by Gasteiger charge is -2.46. The van der Waals surface area contributed by atoms with Crippen LogP contribution in [0.1, 0.15) is 25.3 Å². The van der Waals surface area contributed by atoms with Crippen molar-refractivity contribution in [3.05, 3.63) is 57.8 Å². The first-order valence-corrected chi connectivity index (χ1v) is 9.20. The van der Waals surface area contributed by atoms with Gasteiger partial charge in [0.15, 0.2) is 0 Å². The Balaban J connectivity index is 2.31. The molecule has 0 aromatic heterocycles. The lowest BCUT2D eigenvalue weighted by molar-refractivity contribution is 0.185. The molecule has 0 radical (unpaired) electrons. The van der Waals surface area contributed by atoms with Crippen LogP contribution in [0.25, 0.3) is 0 Å². The molecule has 2 atom stereocenters. The lowest BCUT2D eigenvalue weighted by Crippen LogP contribution is -2.48. The van der Waals surface area contributed by atoms with Crippen molar-refractivity contribution in [1.82, 2.24) is 4.90 Å². The van der Waals surface area contributed by atoms with Crippen LogP contribution in [-0.2, 0) is 0 Å². The van der Waals surface area contributed by atoms with Gasteiger partial charge in [-0.1, -0.05) is 35.9 Å². The van der Waals surface area contributed by atoms with E-state index >= 15 is 0 Å². The quantitative estimate of drug-likeness (QED) is 0.795. The predicted molar refractivity (Wildman–Crippen MR) is 103 cm³/mol. The summed E-state index contributed by atoms with van der Waals surface area (Å²) in [5, 5.41) is 30.1. The molecule has 0 saturated heterocycles. The third-order valence-electron chi connectivity index (χ3n) is 5.63. The summed E-state index contributed by atoms with van der Waals surface area (Å²) < 4.78 is 0. The van der Waals surface area contributed by atoms with Crippen molar-refractivity contribution in [2.45, 2.75) is 25.8 Å². The first kappa shape index (κ1) is 19.0. The van der Waals surface area contributed by atoms with Crippen LogP contribution >= 0.6 is 11.6 Å². The summed E-state index contributed by atoms with van der Waals surface area (Å²) in [5.41, 5.74) is 6.58. The molecule has 0 amide bonds. The second-order valence-corrected chi connectivity index (χ2v) is 7.64. The van der Waals surface area contributed by atoms with Crippen LogP contribution in [-0.4, -0.2) is 24.0 Å². The Kier molecular flexibility index (Phi) is 4.99. The van der Waals surface area contributed by atoms with Gasteiger partial charge < -0.3 is 5.73 Å². The number of allylic oxidation sites excluding steroid dienone is 2. The van der Waals surface area contributed by atoms with Crippen LogP contribution in [0.2, 0.25) is 5.02 Å². The van der Waals surface area contributed by atoms with Crippen LogP contribution in [0, 0.1) is 45.3 Å². The minimum absolute atomic E-state index is 0.0258. The van der Waals surface area contributed by atoms with E-state index in [2.05, 4.69) is 30.9 Å². The molecular formula is C21H20ClN5. The number of nitriles is 3. The highest BCUT2D eigenvalue weighted by Gasteiger charge is 2.53. The molecule has 1 aromatic rings. The van der Waals surface area contributed by atoms with E-state index in [9.17, 15) is 15.8 Å². The number of rotatable bonds is 2. The van der Waals surface area contributed by atoms with Gasteiger partial charge in [-0.15, -0.1) is 0 Å². The monoisotopic (exact) mass is 377 g/mol. The van der Waals surface area contributed by atoms with Gasteiger partial charge >= 0.3 is 0 Å². The van der Waals surface area contributed by atoms with Crippen molar-refractivity contribution >= 4 is 11.6 Å². The fraction of sp³-hybridized carbons (Fsp3) is 0.381. The Morgan fingerprint density at radius 3 is 2.44 bits per heavy atom. The van der Waals surface area contributed by atoms with Gasteiger partial charge in [0.05, 0.1) is 23.8 Å². The zero-order chi connectivity index (χ0) is 19.8. The van der Waals surface area contributed by atoms with Crippen molar-refractivity contribution in [1.29, 1.82) is 15.8 Å². The summed E-state index contributed by atoms with van der Waals surface area (Å²) in [7, 11) is 0. The molecule has 27 heavy (non-hydrogen) atoms. The zero-order valence-corrected chi connectivity index (χ0v) is 16.0. The van der Waals surface area contributed by atoms with Gasteiger partial charge in [-0.3, -0.25) is 4.90 Å². The second-order valence-electron chi connectivity index (χ2n) is 7.23. The maximum atomic E-state index is 9.89. The minimum Gasteiger partial charge on any atom is -0.401 e. The van der Waals surface area contributed by atoms with Gasteiger partial charge in [-0.05, 0) is 31.1 Å². The highest BCUT2D eigenvalue weighted by atomic mass is 35.5. The number of nitrogens with zero attached hydrogens (tertiary/aromatic N) is 4. The van der Waals surface area contributed by atoms with Gasteiger partial charge in [0, 0.05) is 41.7 Å². The summed E-state index contributed by atoms with van der Waals surface area (Å²) in [4.78, 5) is 2.27. The van der Waals surface area contributed by atoms with E-state index in [-0.39, 0.29) is 23.1 Å². The highest BCUT2D eigenvalue weighted by Crippen LogP contribution is 2.53. The summed E-state index contributed by atoms with van der Waals surface area (Å²) in [6.45, 7) is 5.48. The molecule has 3 rings (SSSR count). The smallest absolute Gasteiger partial charge is 0.201 e. The first-order chi connectivity index (χ1) is 12.9. The van der Waals surface area contributed by atoms with E-state index in [4.69, 9.17) is 17.3 Å². The Labute approximate surface area is 164 Å². The third-order valence-corrected chi connectivity index (χ3v) is 5.97. The number of hydrogen-bond donors (Lipinski definition) is 1. The van der Waals surface area contributed by atoms with E-state index in [1.54, 1.807) is 6.07 Å². The van der Waals surface area contributed by atoms with Crippen molar-refractivity contribution in [3.63, 3.8) is 0 Å². The number of benzene rings is 1. The van der Waals surface area contributed by atoms with Gasteiger partial charge in [0.2, 0.25) is 5.41 Å². The molecule has 0 saturated carbocycles. The van der Waals surface area contributed by atoms with Crippen LogP contribution in [0.3, 0.4) is 0 Å². The third kappa shape index (κ3) is 2.79. The van der Waals surface area contributed by atoms with E-state index in [1.165, 1.54) is 0 Å². The molecule has 0 bridgehead atoms. The summed E-state index contributed by atoms with van der Waals surface area (Å²) in [6.07, 6.45) is 1.92. The SMILES string of the molecule is CC(C)N1CC=C2[C@H](C1)[C@@H](c1ccccc1Cl)C(N)=C(C#N)C2(C#N)C#N. The minimum atomic E-state index is -1.63. The summed E-state index contributed by atoms with van der Waals surface area (Å²) in [5.74, 6) is -0.548. The standard InChI is InChI=1S/C21H20ClN5/c1-13(2)27-8-7-16-15(10-27)19(14-5-3-4-6-18(14)22)20(26)17(9-23)21(16,11-24)12-25/h3-7,13,15,19H,8,10,26H2,1-2H3/t15-,19+/m0/s1. The zero-order valence-electron chi connectivity index (χ0n) is 15.3. The molecule has 1 heterocycles. The van der Waals surface area contributed by atoms with Crippen LogP contribution in [0.15, 0.2) is 47.2 Å². The summed E-state index contributed by atoms with van der Waals surface area (Å²) in [6, 6.07) is 13.9. The lowest BCUT2D eigenvalue weighted by atomic mass is 9.59. The van der Waals surface area contributed by atoms with Crippen molar-refractivity contribution in [3.8, 4) is 18.2 Å². The van der Waals surface area contributed by atoms with E-state index in [1.807, 2.05) is 30.3 Å². The second kappa shape index (κ2) is 7.09. The van der Waals surface area contributed by atoms with Crippen molar-refractivity contribution in [2.24, 2.45) is 17.1 Å². The van der Waals surface area contributed by atoms with Gasteiger partial charge in [0.25, 0.3) is 0 Å². The topological polar surface area (TPSA) is 101 Å². The van der Waals surface area contributed by atoms with E-state index in [0.29, 0.717) is 29.7 Å². The van der Waals surface area contributed by atoms with Gasteiger partial charge in [-0.25, -0.2) is 0 Å². The molecule has 1 aliphatic carbocycles. The molecule has 6 heteroatoms. The number of nitrogens with two attached hydrogens (primary N) is 1. The Morgan fingerprint density at radius 1 is 1.22 bits per heavy atom. The van der Waals surface area contributed by atoms with Crippen molar-refractivity contribution in [2.75, 3.05) is 13.1 Å². The predicted octanol–water partition coefficient (Wildman–Crippen LogP) is 3.47. The molecule has 0 fully saturated rings. The Hall–Kier alpha value is -2.78. The Bertz CT molecular complexity index is 940. The van der Waals surface area contributed by atoms with E-state index in [0.717, 1.165) is 5.56 Å². The van der Waals surface area contributed by atoms with Gasteiger partial charge in [0.1, 0.15) is 0 Å². The maximum absolute atomic E-state index is 9.89. The number of hydrogen-bond acceptors (Lipinski definition) is 5. The molecule has 2 aliphatic rings. The molecule has 1 aromatic carbocycles. The van der Waals surface area contributed by atoms with E-state index < -0.39 is 5.41 Å². The Morgan fingerprint density at radius 2 is 1.89 bits per heavy atom. The average Bonchev–Trinajstić information content (AvgIpc) is 2.67. The normalized spacial score (nSPS) is 24.4. The molecule has 136 valence electrons. The molecule has 0 unspecified atom stereocenters. The molecular weight excluding hydrogens is 358 g/mol. The van der Waals surface area contributed by atoms with Crippen LogP contribution < -0.4 is 5.73 Å². The van der Waals surface area contributed by atoms with Crippen molar-refractivity contribution < 1.29 is 0 Å². The first-order valence-electron chi connectivity index (χ1n) is 8.83.